The molecule has 1 aromatic heterocycles. The second kappa shape index (κ2) is 4.74. The lowest BCUT2D eigenvalue weighted by Gasteiger charge is -2.03. The number of para-hydroxylation sites is 1. The number of ketones is 1. The number of aromatic amines is 1. The predicted octanol–water partition coefficient (Wildman–Crippen LogP) is 2.79. The maximum Gasteiger partial charge on any atom is 0.259 e. The van der Waals surface area contributed by atoms with Gasteiger partial charge in [-0.1, -0.05) is 36.4 Å². The zero-order valence-corrected chi connectivity index (χ0v) is 10.9. The van der Waals surface area contributed by atoms with Crippen LogP contribution in [-0.2, 0) is 0 Å². The van der Waals surface area contributed by atoms with Crippen LogP contribution >= 0.6 is 0 Å². The van der Waals surface area contributed by atoms with E-state index in [1.807, 2.05) is 6.07 Å². The molecule has 3 aromatic rings. The van der Waals surface area contributed by atoms with Crippen LogP contribution in [-0.4, -0.2) is 15.8 Å². The molecule has 2 aromatic carbocycles. The van der Waals surface area contributed by atoms with Crippen molar-refractivity contribution in [2.24, 2.45) is 0 Å². The van der Waals surface area contributed by atoms with E-state index in [2.05, 4.69) is 9.97 Å². The Morgan fingerprint density at radius 3 is 2.45 bits per heavy atom. The van der Waals surface area contributed by atoms with Crippen LogP contribution in [0, 0.1) is 0 Å². The summed E-state index contributed by atoms with van der Waals surface area (Å²) in [6.45, 7) is 1.52. The Morgan fingerprint density at radius 1 is 1.05 bits per heavy atom. The van der Waals surface area contributed by atoms with E-state index in [1.54, 1.807) is 42.5 Å². The average molecular weight is 264 g/mol. The van der Waals surface area contributed by atoms with Crippen molar-refractivity contribution in [3.63, 3.8) is 0 Å². The molecule has 0 bridgehead atoms. The van der Waals surface area contributed by atoms with Crippen LogP contribution in [0.15, 0.2) is 53.3 Å². The molecule has 0 unspecified atom stereocenters. The molecule has 0 amide bonds. The maximum atomic E-state index is 12.0. The largest absolute Gasteiger partial charge is 0.306 e. The van der Waals surface area contributed by atoms with Gasteiger partial charge in [0, 0.05) is 11.1 Å². The molecule has 20 heavy (non-hydrogen) atoms. The lowest BCUT2D eigenvalue weighted by Crippen LogP contribution is -2.09. The van der Waals surface area contributed by atoms with Crippen LogP contribution in [0.4, 0.5) is 0 Å². The monoisotopic (exact) mass is 264 g/mol. The van der Waals surface area contributed by atoms with E-state index in [0.29, 0.717) is 22.3 Å². The first-order valence-corrected chi connectivity index (χ1v) is 6.25. The molecule has 0 atom stereocenters. The molecule has 0 radical (unpaired) electrons. The van der Waals surface area contributed by atoms with E-state index in [9.17, 15) is 9.59 Å². The molecular weight excluding hydrogens is 252 g/mol. The highest BCUT2D eigenvalue weighted by Gasteiger charge is 2.06. The quantitative estimate of drug-likeness (QED) is 0.724. The SMILES string of the molecule is CC(=O)c1ccc(-c2nc3ccccc3c(=O)[nH]2)cc1. The van der Waals surface area contributed by atoms with Gasteiger partial charge in [-0.25, -0.2) is 4.98 Å². The average Bonchev–Trinajstić information content (AvgIpc) is 2.47. The van der Waals surface area contributed by atoms with E-state index in [4.69, 9.17) is 0 Å². The lowest BCUT2D eigenvalue weighted by molar-refractivity contribution is 0.101. The van der Waals surface area contributed by atoms with Gasteiger partial charge in [0.15, 0.2) is 5.78 Å². The summed E-state index contributed by atoms with van der Waals surface area (Å²) in [6.07, 6.45) is 0. The molecule has 3 rings (SSSR count). The first-order valence-electron chi connectivity index (χ1n) is 6.25. The van der Waals surface area contributed by atoms with E-state index >= 15 is 0 Å². The molecule has 0 saturated carbocycles. The van der Waals surface area contributed by atoms with Crippen molar-refractivity contribution in [1.29, 1.82) is 0 Å². The van der Waals surface area contributed by atoms with E-state index < -0.39 is 0 Å². The second-order valence-corrected chi connectivity index (χ2v) is 4.57. The number of carbonyl (C=O) groups is 1. The summed E-state index contributed by atoms with van der Waals surface area (Å²) < 4.78 is 0. The van der Waals surface area contributed by atoms with Gasteiger partial charge in [-0.2, -0.15) is 0 Å². The van der Waals surface area contributed by atoms with Gasteiger partial charge in [0.25, 0.3) is 5.56 Å². The number of H-pyrrole nitrogens is 1. The summed E-state index contributed by atoms with van der Waals surface area (Å²) in [5, 5.41) is 0.566. The van der Waals surface area contributed by atoms with Crippen LogP contribution in [0.2, 0.25) is 0 Å². The second-order valence-electron chi connectivity index (χ2n) is 4.57. The van der Waals surface area contributed by atoms with Crippen molar-refractivity contribution in [3.05, 3.63) is 64.4 Å². The van der Waals surface area contributed by atoms with Crippen LogP contribution in [0.1, 0.15) is 17.3 Å². The number of aromatic nitrogens is 2. The molecule has 0 saturated heterocycles. The van der Waals surface area contributed by atoms with Crippen molar-refractivity contribution in [3.8, 4) is 11.4 Å². The molecule has 0 spiro atoms. The van der Waals surface area contributed by atoms with E-state index in [1.165, 1.54) is 6.92 Å². The van der Waals surface area contributed by atoms with Crippen LogP contribution in [0.5, 0.6) is 0 Å². The molecule has 1 heterocycles. The number of benzene rings is 2. The zero-order chi connectivity index (χ0) is 14.1. The van der Waals surface area contributed by atoms with E-state index in [0.717, 1.165) is 5.56 Å². The van der Waals surface area contributed by atoms with Gasteiger partial charge in [0.1, 0.15) is 5.82 Å². The fraction of sp³-hybridized carbons (Fsp3) is 0.0625. The van der Waals surface area contributed by atoms with Crippen LogP contribution < -0.4 is 5.56 Å². The van der Waals surface area contributed by atoms with Gasteiger partial charge in [-0.05, 0) is 19.1 Å². The Bertz CT molecular complexity index is 848. The summed E-state index contributed by atoms with van der Waals surface area (Å²) in [5.74, 6) is 0.514. The number of hydrogen-bond donors (Lipinski definition) is 1. The normalized spacial score (nSPS) is 10.7. The smallest absolute Gasteiger partial charge is 0.259 e. The Hall–Kier alpha value is -2.75. The highest BCUT2D eigenvalue weighted by molar-refractivity contribution is 5.94. The molecule has 0 aliphatic rings. The van der Waals surface area contributed by atoms with Gasteiger partial charge in [-0.15, -0.1) is 0 Å². The molecule has 0 aliphatic carbocycles. The maximum absolute atomic E-state index is 12.0. The molecule has 4 nitrogen and oxygen atoms in total. The number of Topliss-reactive ketones (excluding diaryl/α,β-unsaturated/α-hetero) is 1. The van der Waals surface area contributed by atoms with E-state index in [-0.39, 0.29) is 11.3 Å². The third kappa shape index (κ3) is 2.12. The summed E-state index contributed by atoms with van der Waals surface area (Å²) >= 11 is 0. The molecule has 98 valence electrons. The first-order chi connectivity index (χ1) is 9.65. The Balaban J connectivity index is 2.14. The highest BCUT2D eigenvalue weighted by Crippen LogP contribution is 2.17. The van der Waals surface area contributed by atoms with Gasteiger partial charge >= 0.3 is 0 Å². The molecule has 0 aliphatic heterocycles. The van der Waals surface area contributed by atoms with Gasteiger partial charge in [0.2, 0.25) is 0 Å². The minimum Gasteiger partial charge on any atom is -0.306 e. The molecular formula is C16H12N2O2. The minimum atomic E-state index is -0.166. The predicted molar refractivity (Wildman–Crippen MR) is 77.8 cm³/mol. The summed E-state index contributed by atoms with van der Waals surface area (Å²) in [7, 11) is 0. The van der Waals surface area contributed by atoms with Gasteiger partial charge in [-0.3, -0.25) is 9.59 Å². The summed E-state index contributed by atoms with van der Waals surface area (Å²) in [4.78, 5) is 30.5. The highest BCUT2D eigenvalue weighted by atomic mass is 16.1. The number of nitrogens with zero attached hydrogens (tertiary/aromatic N) is 1. The number of nitrogens with one attached hydrogen (secondary N) is 1. The summed E-state index contributed by atoms with van der Waals surface area (Å²) in [6, 6.07) is 14.2. The van der Waals surface area contributed by atoms with Crippen molar-refractivity contribution in [2.75, 3.05) is 0 Å². The summed E-state index contributed by atoms with van der Waals surface area (Å²) in [5.41, 5.74) is 1.90. The van der Waals surface area contributed by atoms with Crippen molar-refractivity contribution in [1.82, 2.24) is 9.97 Å². The standard InChI is InChI=1S/C16H12N2O2/c1-10(19)11-6-8-12(9-7-11)15-17-14-5-3-2-4-13(14)16(20)18-15/h2-9H,1H3,(H,17,18,20). The van der Waals surface area contributed by atoms with Crippen molar-refractivity contribution >= 4 is 16.7 Å². The van der Waals surface area contributed by atoms with Crippen molar-refractivity contribution in [2.45, 2.75) is 6.92 Å². The lowest BCUT2D eigenvalue weighted by atomic mass is 10.1. The fourth-order valence-corrected chi connectivity index (χ4v) is 2.09. The Morgan fingerprint density at radius 2 is 1.75 bits per heavy atom. The number of fused-ring (bicyclic) bond motifs is 1. The van der Waals surface area contributed by atoms with Crippen LogP contribution in [0.25, 0.3) is 22.3 Å². The third-order valence-corrected chi connectivity index (χ3v) is 3.18. The minimum absolute atomic E-state index is 0.0107. The van der Waals surface area contributed by atoms with Crippen LogP contribution in [0.3, 0.4) is 0 Å². The number of rotatable bonds is 2. The molecule has 0 fully saturated rings. The van der Waals surface area contributed by atoms with Crippen molar-refractivity contribution < 1.29 is 4.79 Å². The third-order valence-electron chi connectivity index (χ3n) is 3.18. The number of carbonyl (C=O) groups excluding carboxylic acids is 1. The Kier molecular flexibility index (Phi) is 2.91. The molecule has 4 heteroatoms. The number of hydrogen-bond acceptors (Lipinski definition) is 3. The molecule has 1 N–H and O–H groups in total. The van der Waals surface area contributed by atoms with Gasteiger partial charge < -0.3 is 4.98 Å². The topological polar surface area (TPSA) is 62.8 Å². The fourth-order valence-electron chi connectivity index (χ4n) is 2.09. The zero-order valence-electron chi connectivity index (χ0n) is 10.9. The van der Waals surface area contributed by atoms with Gasteiger partial charge in [0.05, 0.1) is 10.9 Å². The Labute approximate surface area is 115 Å². The first kappa shape index (κ1) is 12.3.